The van der Waals surface area contributed by atoms with Crippen molar-refractivity contribution >= 4 is 0 Å². The first kappa shape index (κ1) is 12.5. The molecule has 1 aromatic heterocycles. The molecule has 0 aliphatic rings. The molecule has 0 unspecified atom stereocenters. The zero-order valence-electron chi connectivity index (χ0n) is 10.1. The number of hydrogen-bond acceptors (Lipinski definition) is 3. The van der Waals surface area contributed by atoms with Crippen molar-refractivity contribution in [3.05, 3.63) is 33.1 Å². The molecule has 5 heteroatoms. The zero-order chi connectivity index (χ0) is 12.5. The lowest BCUT2D eigenvalue weighted by molar-refractivity contribution is -0.617. The Bertz CT molecular complexity index is 436. The maximum Gasteiger partial charge on any atom is 0.351 e. The highest BCUT2D eigenvalue weighted by molar-refractivity contribution is 5.03. The summed E-state index contributed by atoms with van der Waals surface area (Å²) in [7, 11) is 0. The van der Waals surface area contributed by atoms with Crippen LogP contribution in [0, 0.1) is 11.1 Å². The average molecular weight is 226 g/mol. The molecule has 0 aliphatic carbocycles. The molecule has 1 rings (SSSR count). The van der Waals surface area contributed by atoms with E-state index in [4.69, 9.17) is 0 Å². The second kappa shape index (κ2) is 4.55. The van der Waals surface area contributed by atoms with Crippen molar-refractivity contribution in [3.63, 3.8) is 0 Å². The molecule has 0 aliphatic heterocycles. The lowest BCUT2D eigenvalue weighted by Crippen LogP contribution is -2.44. The summed E-state index contributed by atoms with van der Waals surface area (Å²) in [5.41, 5.74) is -0.204. The van der Waals surface area contributed by atoms with Gasteiger partial charge >= 0.3 is 5.56 Å². The quantitative estimate of drug-likeness (QED) is 0.475. The van der Waals surface area contributed by atoms with Crippen LogP contribution >= 0.6 is 0 Å². The summed E-state index contributed by atoms with van der Waals surface area (Å²) in [4.78, 5) is 11.7. The van der Waals surface area contributed by atoms with Gasteiger partial charge in [0.1, 0.15) is 5.69 Å². The van der Waals surface area contributed by atoms with Gasteiger partial charge < -0.3 is 10.4 Å². The molecule has 1 N–H and O–H groups in total. The van der Waals surface area contributed by atoms with Crippen molar-refractivity contribution in [2.24, 2.45) is 5.92 Å². The molecule has 0 fully saturated rings. The monoisotopic (exact) mass is 226 g/mol. The zero-order valence-corrected chi connectivity index (χ0v) is 10.1. The Morgan fingerprint density at radius 2 is 2.00 bits per heavy atom. The Morgan fingerprint density at radius 3 is 2.44 bits per heavy atom. The van der Waals surface area contributed by atoms with Crippen molar-refractivity contribution in [1.82, 2.24) is 4.73 Å². The largest absolute Gasteiger partial charge is 0.618 e. The molecule has 5 nitrogen and oxygen atoms in total. The maximum atomic E-state index is 11.7. The van der Waals surface area contributed by atoms with E-state index < -0.39 is 5.56 Å². The second-order valence-corrected chi connectivity index (χ2v) is 4.70. The van der Waals surface area contributed by atoms with E-state index in [1.807, 2.05) is 27.7 Å². The minimum Gasteiger partial charge on any atom is -0.618 e. The van der Waals surface area contributed by atoms with Crippen LogP contribution in [0.1, 0.15) is 45.0 Å². The van der Waals surface area contributed by atoms with Gasteiger partial charge in [-0.1, -0.05) is 27.7 Å². The smallest absolute Gasteiger partial charge is 0.351 e. The van der Waals surface area contributed by atoms with Gasteiger partial charge in [-0.15, -0.1) is 4.73 Å². The van der Waals surface area contributed by atoms with Gasteiger partial charge in [0, 0.05) is 12.3 Å². The van der Waals surface area contributed by atoms with E-state index in [-0.39, 0.29) is 17.5 Å². The molecule has 16 heavy (non-hydrogen) atoms. The summed E-state index contributed by atoms with van der Waals surface area (Å²) < 4.78 is 1.15. The van der Waals surface area contributed by atoms with Crippen LogP contribution in [0.3, 0.4) is 0 Å². The van der Waals surface area contributed by atoms with Crippen molar-refractivity contribution < 1.29 is 9.94 Å². The molecule has 0 aromatic carbocycles. The SMILES string of the molecule is CC(C)Cc1c(=O)n(O)c(C(C)C)c[n+]1[O-]. The van der Waals surface area contributed by atoms with Gasteiger partial charge in [0.05, 0.1) is 0 Å². The van der Waals surface area contributed by atoms with Gasteiger partial charge in [0.2, 0.25) is 6.20 Å². The predicted octanol–water partition coefficient (Wildman–Crippen LogP) is 1.04. The number of hydrogen-bond donors (Lipinski definition) is 1. The van der Waals surface area contributed by atoms with Gasteiger partial charge in [-0.3, -0.25) is 4.79 Å². The first-order valence-corrected chi connectivity index (χ1v) is 5.41. The third kappa shape index (κ3) is 2.35. The number of nitrogens with zero attached hydrogens (tertiary/aromatic N) is 2. The van der Waals surface area contributed by atoms with Crippen molar-refractivity contribution in [1.29, 1.82) is 0 Å². The molecule has 90 valence electrons. The van der Waals surface area contributed by atoms with E-state index in [0.717, 1.165) is 0 Å². The fourth-order valence-corrected chi connectivity index (χ4v) is 1.54. The topological polar surface area (TPSA) is 69.2 Å². The minimum atomic E-state index is -0.616. The summed E-state index contributed by atoms with van der Waals surface area (Å²) in [6.07, 6.45) is 1.63. The molecular formula is C11H18N2O3. The van der Waals surface area contributed by atoms with Crippen LogP contribution in [0.5, 0.6) is 0 Å². The van der Waals surface area contributed by atoms with E-state index in [9.17, 15) is 15.2 Å². The summed E-state index contributed by atoms with van der Waals surface area (Å²) in [5.74, 6) is 0.115. The highest BCUT2D eigenvalue weighted by Gasteiger charge is 2.20. The summed E-state index contributed by atoms with van der Waals surface area (Å²) in [6.45, 7) is 7.45. The van der Waals surface area contributed by atoms with Crippen LogP contribution in [0.2, 0.25) is 0 Å². The molecule has 0 saturated carbocycles. The molecule has 1 aromatic rings. The molecule has 0 atom stereocenters. The van der Waals surface area contributed by atoms with Crippen LogP contribution < -0.4 is 10.3 Å². The van der Waals surface area contributed by atoms with Gasteiger partial charge in [-0.05, 0) is 5.92 Å². The van der Waals surface area contributed by atoms with Gasteiger partial charge in [0.25, 0.3) is 5.69 Å². The van der Waals surface area contributed by atoms with Gasteiger partial charge in [-0.25, -0.2) is 0 Å². The molecule has 1 heterocycles. The van der Waals surface area contributed by atoms with Crippen molar-refractivity contribution in [2.45, 2.75) is 40.0 Å². The fraction of sp³-hybridized carbons (Fsp3) is 0.636. The third-order valence-corrected chi connectivity index (χ3v) is 2.39. The molecule has 0 saturated heterocycles. The molecule has 0 bridgehead atoms. The van der Waals surface area contributed by atoms with E-state index in [1.165, 1.54) is 6.20 Å². The highest BCUT2D eigenvalue weighted by Crippen LogP contribution is 2.09. The fourth-order valence-electron chi connectivity index (χ4n) is 1.54. The molecule has 0 spiro atoms. The summed E-state index contributed by atoms with van der Waals surface area (Å²) >= 11 is 0. The first-order chi connectivity index (χ1) is 7.34. The standard InChI is InChI=1S/C11H18N2O3/c1-7(2)5-9-11(14)13(16)10(8(3)4)6-12(9)15/h6-8,16H,5H2,1-4H3. The molecule has 0 amide bonds. The minimum absolute atomic E-state index is 0.0778. The number of rotatable bonds is 3. The van der Waals surface area contributed by atoms with Crippen molar-refractivity contribution in [3.8, 4) is 0 Å². The third-order valence-electron chi connectivity index (χ3n) is 2.39. The predicted molar refractivity (Wildman–Crippen MR) is 59.5 cm³/mol. The molecular weight excluding hydrogens is 208 g/mol. The van der Waals surface area contributed by atoms with Crippen LogP contribution in [-0.2, 0) is 6.42 Å². The summed E-state index contributed by atoms with van der Waals surface area (Å²) in [6, 6.07) is 0. The average Bonchev–Trinajstić information content (AvgIpc) is 2.17. The highest BCUT2D eigenvalue weighted by atomic mass is 16.5. The lowest BCUT2D eigenvalue weighted by Gasteiger charge is -2.12. The normalized spacial score (nSPS) is 11.4. The Hall–Kier alpha value is -1.52. The second-order valence-electron chi connectivity index (χ2n) is 4.70. The Morgan fingerprint density at radius 1 is 1.44 bits per heavy atom. The lowest BCUT2D eigenvalue weighted by atomic mass is 10.1. The van der Waals surface area contributed by atoms with Crippen LogP contribution in [0.4, 0.5) is 0 Å². The first-order valence-electron chi connectivity index (χ1n) is 5.41. The Labute approximate surface area is 94.5 Å². The maximum absolute atomic E-state index is 11.7. The van der Waals surface area contributed by atoms with Crippen LogP contribution in [-0.4, -0.2) is 9.94 Å². The Balaban J connectivity index is 3.35. The number of aromatic nitrogens is 2. The van der Waals surface area contributed by atoms with E-state index >= 15 is 0 Å². The van der Waals surface area contributed by atoms with Crippen molar-refractivity contribution in [2.75, 3.05) is 0 Å². The summed E-state index contributed by atoms with van der Waals surface area (Å²) in [5, 5.41) is 21.3. The van der Waals surface area contributed by atoms with Crippen LogP contribution in [0.25, 0.3) is 0 Å². The Kier molecular flexibility index (Phi) is 3.57. The van der Waals surface area contributed by atoms with Gasteiger partial charge in [0.15, 0.2) is 0 Å². The van der Waals surface area contributed by atoms with E-state index in [0.29, 0.717) is 21.6 Å². The molecule has 0 radical (unpaired) electrons. The van der Waals surface area contributed by atoms with Crippen LogP contribution in [0.15, 0.2) is 11.0 Å². The van der Waals surface area contributed by atoms with Gasteiger partial charge in [-0.2, -0.15) is 4.73 Å². The van der Waals surface area contributed by atoms with E-state index in [2.05, 4.69) is 0 Å². The van der Waals surface area contributed by atoms with E-state index in [1.54, 1.807) is 0 Å².